The molecule has 2 N–H and O–H groups in total. The van der Waals surface area contributed by atoms with Crippen molar-refractivity contribution >= 4 is 28.6 Å². The number of nitrogens with one attached hydrogen (secondary N) is 1. The molecule has 0 unspecified atom stereocenters. The molecule has 2 rings (SSSR count). The summed E-state index contributed by atoms with van der Waals surface area (Å²) in [6.07, 6.45) is 1.48. The summed E-state index contributed by atoms with van der Waals surface area (Å²) in [4.78, 5) is 17.2. The van der Waals surface area contributed by atoms with Crippen LogP contribution in [-0.2, 0) is 0 Å². The highest BCUT2D eigenvalue weighted by Gasteiger charge is 2.07. The Morgan fingerprint density at radius 2 is 2.31 bits per heavy atom. The van der Waals surface area contributed by atoms with E-state index in [1.165, 1.54) is 12.3 Å². The molecule has 2 aromatic heterocycles. The molecule has 0 aliphatic carbocycles. The van der Waals surface area contributed by atoms with E-state index in [4.69, 9.17) is 16.7 Å². The average Bonchev–Trinajstić information content (AvgIpc) is 2.46. The lowest BCUT2D eigenvalue weighted by Gasteiger charge is -1.88. The van der Waals surface area contributed by atoms with Crippen molar-refractivity contribution in [3.63, 3.8) is 0 Å². The third-order valence-corrected chi connectivity index (χ3v) is 1.87. The second-order valence-corrected chi connectivity index (χ2v) is 3.01. The Balaban J connectivity index is 2.68. The molecular weight excluding hydrogens is 192 g/mol. The van der Waals surface area contributed by atoms with Crippen molar-refractivity contribution in [1.82, 2.24) is 9.97 Å². The van der Waals surface area contributed by atoms with Gasteiger partial charge in [-0.2, -0.15) is 0 Å². The third kappa shape index (κ3) is 1.36. The van der Waals surface area contributed by atoms with Crippen molar-refractivity contribution in [3.8, 4) is 0 Å². The molecule has 0 fully saturated rings. The molecule has 0 bridgehead atoms. The number of pyridine rings is 1. The molecule has 2 heterocycles. The maximum atomic E-state index is 10.6. The SMILES string of the molecule is O=C(O)c1cc2ncc(Cl)cc2[nH]1. The van der Waals surface area contributed by atoms with Gasteiger partial charge in [0.05, 0.1) is 16.1 Å². The van der Waals surface area contributed by atoms with Crippen LogP contribution in [0.4, 0.5) is 0 Å². The van der Waals surface area contributed by atoms with Crippen molar-refractivity contribution in [2.75, 3.05) is 0 Å². The number of aromatic carboxylic acids is 1. The van der Waals surface area contributed by atoms with E-state index in [2.05, 4.69) is 9.97 Å². The number of carboxylic acids is 1. The molecule has 0 spiro atoms. The molecule has 66 valence electrons. The van der Waals surface area contributed by atoms with Gasteiger partial charge >= 0.3 is 5.97 Å². The first kappa shape index (κ1) is 8.07. The number of hydrogen-bond donors (Lipinski definition) is 2. The van der Waals surface area contributed by atoms with Gasteiger partial charge in [-0.25, -0.2) is 4.79 Å². The fourth-order valence-corrected chi connectivity index (χ4v) is 1.26. The smallest absolute Gasteiger partial charge is 0.352 e. The lowest BCUT2D eigenvalue weighted by molar-refractivity contribution is 0.0691. The molecule has 0 saturated heterocycles. The molecule has 0 atom stereocenters. The molecule has 4 nitrogen and oxygen atoms in total. The van der Waals surface area contributed by atoms with Crippen LogP contribution in [0.5, 0.6) is 0 Å². The van der Waals surface area contributed by atoms with Crippen molar-refractivity contribution in [2.45, 2.75) is 0 Å². The van der Waals surface area contributed by atoms with E-state index in [1.54, 1.807) is 6.07 Å². The first-order chi connectivity index (χ1) is 6.16. The normalized spacial score (nSPS) is 10.5. The van der Waals surface area contributed by atoms with Gasteiger partial charge in [0.25, 0.3) is 0 Å². The number of fused-ring (bicyclic) bond motifs is 1. The van der Waals surface area contributed by atoms with Gasteiger partial charge in [0.15, 0.2) is 0 Å². The summed E-state index contributed by atoms with van der Waals surface area (Å²) < 4.78 is 0. The predicted molar refractivity (Wildman–Crippen MR) is 48.1 cm³/mol. The highest BCUT2D eigenvalue weighted by molar-refractivity contribution is 6.31. The van der Waals surface area contributed by atoms with E-state index in [0.29, 0.717) is 16.1 Å². The minimum Gasteiger partial charge on any atom is -0.477 e. The Kier molecular flexibility index (Phi) is 1.70. The molecule has 0 amide bonds. The number of aromatic nitrogens is 2. The minimum absolute atomic E-state index is 0.116. The van der Waals surface area contributed by atoms with Gasteiger partial charge < -0.3 is 10.1 Å². The van der Waals surface area contributed by atoms with Gasteiger partial charge in [0.2, 0.25) is 0 Å². The Labute approximate surface area is 78.2 Å². The van der Waals surface area contributed by atoms with Crippen LogP contribution in [0.25, 0.3) is 11.0 Å². The monoisotopic (exact) mass is 196 g/mol. The number of nitrogens with zero attached hydrogens (tertiary/aromatic N) is 1. The second-order valence-electron chi connectivity index (χ2n) is 2.57. The number of carbonyl (C=O) groups is 1. The van der Waals surface area contributed by atoms with Gasteiger partial charge in [-0.05, 0) is 12.1 Å². The molecule has 2 aromatic rings. The van der Waals surface area contributed by atoms with Crippen LogP contribution >= 0.6 is 11.6 Å². The highest BCUT2D eigenvalue weighted by Crippen LogP contribution is 2.16. The van der Waals surface area contributed by atoms with Crippen LogP contribution < -0.4 is 0 Å². The Hall–Kier alpha value is -1.55. The van der Waals surface area contributed by atoms with Crippen LogP contribution in [0.1, 0.15) is 10.5 Å². The lowest BCUT2D eigenvalue weighted by Crippen LogP contribution is -1.94. The van der Waals surface area contributed by atoms with Crippen LogP contribution in [0.3, 0.4) is 0 Å². The topological polar surface area (TPSA) is 66.0 Å². The molecule has 0 aromatic carbocycles. The van der Waals surface area contributed by atoms with Crippen LogP contribution in [0.15, 0.2) is 18.3 Å². The van der Waals surface area contributed by atoms with Gasteiger partial charge in [-0.3, -0.25) is 4.98 Å². The standard InChI is InChI=1S/C8H5ClN2O2/c9-4-1-6-5(10-3-4)2-7(11-6)8(12)13/h1-3,11H,(H,12,13). The maximum Gasteiger partial charge on any atom is 0.352 e. The highest BCUT2D eigenvalue weighted by atomic mass is 35.5. The molecule has 0 saturated carbocycles. The van der Waals surface area contributed by atoms with Crippen molar-refractivity contribution in [2.24, 2.45) is 0 Å². The van der Waals surface area contributed by atoms with E-state index < -0.39 is 5.97 Å². The van der Waals surface area contributed by atoms with E-state index >= 15 is 0 Å². The Morgan fingerprint density at radius 3 is 3.00 bits per heavy atom. The summed E-state index contributed by atoms with van der Waals surface area (Å²) in [5.41, 5.74) is 1.34. The number of aromatic amines is 1. The zero-order valence-electron chi connectivity index (χ0n) is 6.41. The first-order valence-electron chi connectivity index (χ1n) is 3.54. The average molecular weight is 197 g/mol. The summed E-state index contributed by atoms with van der Waals surface area (Å²) in [5.74, 6) is -1.01. The molecule has 0 radical (unpaired) electrons. The molecule has 0 aliphatic rings. The van der Waals surface area contributed by atoms with E-state index in [9.17, 15) is 4.79 Å². The van der Waals surface area contributed by atoms with Crippen LogP contribution in [-0.4, -0.2) is 21.0 Å². The van der Waals surface area contributed by atoms with Gasteiger partial charge in [0, 0.05) is 6.20 Å². The number of hydrogen-bond acceptors (Lipinski definition) is 2. The third-order valence-electron chi connectivity index (χ3n) is 1.67. The van der Waals surface area contributed by atoms with Crippen molar-refractivity contribution in [1.29, 1.82) is 0 Å². The lowest BCUT2D eigenvalue weighted by atomic mass is 10.4. The number of H-pyrrole nitrogens is 1. The zero-order valence-corrected chi connectivity index (χ0v) is 7.17. The predicted octanol–water partition coefficient (Wildman–Crippen LogP) is 1.91. The maximum absolute atomic E-state index is 10.6. The number of carboxylic acid groups (broad SMARTS) is 1. The van der Waals surface area contributed by atoms with Crippen molar-refractivity contribution < 1.29 is 9.90 Å². The molecule has 5 heteroatoms. The van der Waals surface area contributed by atoms with Gasteiger partial charge in [-0.15, -0.1) is 0 Å². The van der Waals surface area contributed by atoms with Gasteiger partial charge in [0.1, 0.15) is 5.69 Å². The number of halogens is 1. The van der Waals surface area contributed by atoms with Crippen LogP contribution in [0.2, 0.25) is 5.02 Å². The van der Waals surface area contributed by atoms with E-state index in [-0.39, 0.29) is 5.69 Å². The minimum atomic E-state index is -1.01. The summed E-state index contributed by atoms with van der Waals surface area (Å²) in [5, 5.41) is 9.14. The number of rotatable bonds is 1. The fraction of sp³-hybridized carbons (Fsp3) is 0. The molecule has 0 aliphatic heterocycles. The first-order valence-corrected chi connectivity index (χ1v) is 3.92. The molecule has 13 heavy (non-hydrogen) atoms. The van der Waals surface area contributed by atoms with E-state index in [1.807, 2.05) is 0 Å². The molecular formula is C8H5ClN2O2. The summed E-state index contributed by atoms with van der Waals surface area (Å²) >= 11 is 5.68. The van der Waals surface area contributed by atoms with E-state index in [0.717, 1.165) is 0 Å². The Morgan fingerprint density at radius 1 is 1.54 bits per heavy atom. The van der Waals surface area contributed by atoms with Gasteiger partial charge in [-0.1, -0.05) is 11.6 Å². The largest absolute Gasteiger partial charge is 0.477 e. The Bertz CT molecular complexity index is 478. The summed E-state index contributed by atoms with van der Waals surface area (Å²) in [6, 6.07) is 3.10. The quantitative estimate of drug-likeness (QED) is 0.732. The summed E-state index contributed by atoms with van der Waals surface area (Å²) in [6.45, 7) is 0. The zero-order chi connectivity index (χ0) is 9.42. The van der Waals surface area contributed by atoms with Crippen molar-refractivity contribution in [3.05, 3.63) is 29.0 Å². The summed E-state index contributed by atoms with van der Waals surface area (Å²) in [7, 11) is 0. The fourth-order valence-electron chi connectivity index (χ4n) is 1.10. The second kappa shape index (κ2) is 2.74. The van der Waals surface area contributed by atoms with Crippen LogP contribution in [0, 0.1) is 0 Å².